The fourth-order valence-corrected chi connectivity index (χ4v) is 2.13. The highest BCUT2D eigenvalue weighted by molar-refractivity contribution is 9.10. The SMILES string of the molecule is CCN(CC(C)C#N)c1ncc(Br)cc1Cl. The van der Waals surface area contributed by atoms with Crippen LogP contribution >= 0.6 is 27.5 Å². The normalized spacial score (nSPS) is 11.9. The van der Waals surface area contributed by atoms with E-state index in [1.165, 1.54) is 0 Å². The number of pyridine rings is 1. The molecule has 1 aromatic rings. The second kappa shape index (κ2) is 6.07. The largest absolute Gasteiger partial charge is 0.354 e. The van der Waals surface area contributed by atoms with Crippen molar-refractivity contribution in [1.82, 2.24) is 4.98 Å². The van der Waals surface area contributed by atoms with E-state index in [0.29, 0.717) is 11.6 Å². The van der Waals surface area contributed by atoms with Gasteiger partial charge in [0.25, 0.3) is 0 Å². The molecule has 0 aliphatic heterocycles. The van der Waals surface area contributed by atoms with Crippen LogP contribution in [0.1, 0.15) is 13.8 Å². The summed E-state index contributed by atoms with van der Waals surface area (Å²) < 4.78 is 0.852. The van der Waals surface area contributed by atoms with Crippen molar-refractivity contribution in [2.24, 2.45) is 5.92 Å². The van der Waals surface area contributed by atoms with Crippen LogP contribution in [0, 0.1) is 17.2 Å². The van der Waals surface area contributed by atoms with Crippen molar-refractivity contribution in [3.63, 3.8) is 0 Å². The number of nitrogens with zero attached hydrogens (tertiary/aromatic N) is 3. The Hall–Kier alpha value is -0.790. The number of hydrogen-bond acceptors (Lipinski definition) is 3. The minimum Gasteiger partial charge on any atom is -0.354 e. The second-order valence-corrected chi connectivity index (χ2v) is 4.85. The maximum Gasteiger partial charge on any atom is 0.147 e. The molecule has 86 valence electrons. The van der Waals surface area contributed by atoms with Crippen LogP contribution in [0.15, 0.2) is 16.7 Å². The molecule has 0 saturated carbocycles. The topological polar surface area (TPSA) is 39.9 Å². The summed E-state index contributed by atoms with van der Waals surface area (Å²) in [5.41, 5.74) is 0. The van der Waals surface area contributed by atoms with Gasteiger partial charge in [-0.3, -0.25) is 0 Å². The molecule has 1 atom stereocenters. The van der Waals surface area contributed by atoms with Gasteiger partial charge in [0.05, 0.1) is 17.0 Å². The summed E-state index contributed by atoms with van der Waals surface area (Å²) in [5, 5.41) is 9.40. The molecule has 0 aliphatic carbocycles. The summed E-state index contributed by atoms with van der Waals surface area (Å²) in [5.74, 6) is 0.691. The van der Waals surface area contributed by atoms with Crippen LogP contribution in [0.4, 0.5) is 5.82 Å². The van der Waals surface area contributed by atoms with Crippen molar-refractivity contribution in [1.29, 1.82) is 5.26 Å². The van der Waals surface area contributed by atoms with E-state index in [0.717, 1.165) is 16.8 Å². The predicted octanol–water partition coefficient (Wildman–Crippen LogP) is 3.48. The Bertz CT molecular complexity index is 403. The van der Waals surface area contributed by atoms with E-state index in [1.807, 2.05) is 24.8 Å². The minimum atomic E-state index is -0.0403. The first kappa shape index (κ1) is 13.3. The van der Waals surface area contributed by atoms with Gasteiger partial charge in [0.2, 0.25) is 0 Å². The van der Waals surface area contributed by atoms with Crippen LogP contribution in [0.25, 0.3) is 0 Å². The average molecular weight is 303 g/mol. The number of aromatic nitrogens is 1. The van der Waals surface area contributed by atoms with Gasteiger partial charge in [-0.2, -0.15) is 5.26 Å². The number of hydrogen-bond donors (Lipinski definition) is 0. The third kappa shape index (κ3) is 3.36. The second-order valence-electron chi connectivity index (χ2n) is 3.53. The summed E-state index contributed by atoms with van der Waals surface area (Å²) in [6, 6.07) is 4.02. The van der Waals surface area contributed by atoms with Crippen LogP contribution in [0.3, 0.4) is 0 Å². The van der Waals surface area contributed by atoms with Crippen LogP contribution in [0.2, 0.25) is 5.02 Å². The molecule has 0 N–H and O–H groups in total. The first-order valence-corrected chi connectivity index (χ1v) is 6.21. The van der Waals surface area contributed by atoms with Crippen molar-refractivity contribution < 1.29 is 0 Å². The standard InChI is InChI=1S/C11H13BrClN3/c1-3-16(7-8(2)5-14)11-10(13)4-9(12)6-15-11/h4,6,8H,3,7H2,1-2H3. The number of rotatable bonds is 4. The third-order valence-corrected chi connectivity index (χ3v) is 2.90. The van der Waals surface area contributed by atoms with Crippen molar-refractivity contribution in [3.8, 4) is 6.07 Å². The van der Waals surface area contributed by atoms with Crippen LogP contribution in [-0.2, 0) is 0 Å². The molecule has 0 bridgehead atoms. The Labute approximate surface area is 109 Å². The van der Waals surface area contributed by atoms with Crippen molar-refractivity contribution >= 4 is 33.3 Å². The maximum atomic E-state index is 8.80. The lowest BCUT2D eigenvalue weighted by atomic mass is 10.2. The van der Waals surface area contributed by atoms with Crippen LogP contribution < -0.4 is 4.90 Å². The lowest BCUT2D eigenvalue weighted by molar-refractivity contribution is 0.679. The zero-order valence-electron chi connectivity index (χ0n) is 9.24. The smallest absolute Gasteiger partial charge is 0.147 e. The zero-order chi connectivity index (χ0) is 12.1. The fraction of sp³-hybridized carbons (Fsp3) is 0.455. The Morgan fingerprint density at radius 2 is 2.38 bits per heavy atom. The number of anilines is 1. The van der Waals surface area contributed by atoms with Gasteiger partial charge >= 0.3 is 0 Å². The van der Waals surface area contributed by atoms with Crippen LogP contribution in [-0.4, -0.2) is 18.1 Å². The Kier molecular flexibility index (Phi) is 5.04. The molecular formula is C11H13BrClN3. The summed E-state index contributed by atoms with van der Waals surface area (Å²) >= 11 is 9.43. The quantitative estimate of drug-likeness (QED) is 0.855. The third-order valence-electron chi connectivity index (χ3n) is 2.18. The maximum absolute atomic E-state index is 8.80. The molecule has 1 heterocycles. The van der Waals surface area contributed by atoms with E-state index in [9.17, 15) is 0 Å². The molecule has 3 nitrogen and oxygen atoms in total. The van der Waals surface area contributed by atoms with Gasteiger partial charge in [0, 0.05) is 23.8 Å². The van der Waals surface area contributed by atoms with E-state index in [2.05, 4.69) is 27.0 Å². The molecule has 1 unspecified atom stereocenters. The zero-order valence-corrected chi connectivity index (χ0v) is 11.6. The van der Waals surface area contributed by atoms with Crippen LogP contribution in [0.5, 0.6) is 0 Å². The van der Waals surface area contributed by atoms with E-state index in [1.54, 1.807) is 6.20 Å². The Morgan fingerprint density at radius 1 is 1.69 bits per heavy atom. The van der Waals surface area contributed by atoms with Gasteiger partial charge in [-0.25, -0.2) is 4.98 Å². The molecule has 0 spiro atoms. The monoisotopic (exact) mass is 301 g/mol. The van der Waals surface area contributed by atoms with Gasteiger partial charge in [-0.1, -0.05) is 11.6 Å². The summed E-state index contributed by atoms with van der Waals surface area (Å²) in [6.45, 7) is 5.32. The predicted molar refractivity (Wildman–Crippen MR) is 69.6 cm³/mol. The molecule has 0 saturated heterocycles. The molecule has 0 aromatic carbocycles. The van der Waals surface area contributed by atoms with Gasteiger partial charge in [0.1, 0.15) is 5.82 Å². The minimum absolute atomic E-state index is 0.0403. The highest BCUT2D eigenvalue weighted by Gasteiger charge is 2.13. The Balaban J connectivity index is 2.91. The average Bonchev–Trinajstić information content (AvgIpc) is 2.26. The van der Waals surface area contributed by atoms with E-state index >= 15 is 0 Å². The van der Waals surface area contributed by atoms with Gasteiger partial charge < -0.3 is 4.90 Å². The summed E-state index contributed by atoms with van der Waals surface area (Å²) in [4.78, 5) is 6.28. The van der Waals surface area contributed by atoms with Gasteiger partial charge in [-0.15, -0.1) is 0 Å². The highest BCUT2D eigenvalue weighted by Crippen LogP contribution is 2.26. The molecule has 0 amide bonds. The molecule has 0 aliphatic rings. The molecule has 0 radical (unpaired) electrons. The molecule has 1 aromatic heterocycles. The van der Waals surface area contributed by atoms with E-state index < -0.39 is 0 Å². The summed E-state index contributed by atoms with van der Waals surface area (Å²) in [6.07, 6.45) is 1.71. The first-order valence-electron chi connectivity index (χ1n) is 5.04. The van der Waals surface area contributed by atoms with E-state index in [4.69, 9.17) is 16.9 Å². The highest BCUT2D eigenvalue weighted by atomic mass is 79.9. The lowest BCUT2D eigenvalue weighted by Gasteiger charge is -2.23. The number of nitriles is 1. The summed E-state index contributed by atoms with van der Waals surface area (Å²) in [7, 11) is 0. The van der Waals surface area contributed by atoms with Crippen molar-refractivity contribution in [3.05, 3.63) is 21.8 Å². The molecule has 0 fully saturated rings. The first-order chi connectivity index (χ1) is 7.58. The fourth-order valence-electron chi connectivity index (χ4n) is 1.38. The van der Waals surface area contributed by atoms with Crippen molar-refractivity contribution in [2.75, 3.05) is 18.0 Å². The number of halogens is 2. The van der Waals surface area contributed by atoms with E-state index in [-0.39, 0.29) is 5.92 Å². The lowest BCUT2D eigenvalue weighted by Crippen LogP contribution is -2.28. The molecule has 1 rings (SSSR count). The molecule has 5 heteroatoms. The van der Waals surface area contributed by atoms with Crippen molar-refractivity contribution in [2.45, 2.75) is 13.8 Å². The van der Waals surface area contributed by atoms with Gasteiger partial charge in [-0.05, 0) is 35.8 Å². The molecule has 16 heavy (non-hydrogen) atoms. The molecular weight excluding hydrogens is 289 g/mol. The van der Waals surface area contributed by atoms with Gasteiger partial charge in [0.15, 0.2) is 0 Å². The Morgan fingerprint density at radius 3 is 2.88 bits per heavy atom.